The predicted octanol–water partition coefficient (Wildman–Crippen LogP) is 5.89. The first-order valence-corrected chi connectivity index (χ1v) is 11.0. The lowest BCUT2D eigenvalue weighted by atomic mass is 9.85. The number of aliphatic hydroxyl groups is 1. The zero-order valence-corrected chi connectivity index (χ0v) is 19.5. The first-order chi connectivity index (χ1) is 16.2. The van der Waals surface area contributed by atoms with Gasteiger partial charge in [-0.15, -0.1) is 10.2 Å². The van der Waals surface area contributed by atoms with E-state index in [0.717, 1.165) is 27.8 Å². The van der Waals surface area contributed by atoms with Crippen LogP contribution in [0.1, 0.15) is 31.9 Å². The summed E-state index contributed by atoms with van der Waals surface area (Å²) in [5.74, 6) is 0.721. The third-order valence-electron chi connectivity index (χ3n) is 5.89. The average molecular weight is 457 g/mol. The van der Waals surface area contributed by atoms with Gasteiger partial charge in [-0.2, -0.15) is 0 Å². The van der Waals surface area contributed by atoms with E-state index in [1.54, 1.807) is 17.0 Å². The fourth-order valence-electron chi connectivity index (χ4n) is 4.16. The number of oxazole rings is 1. The Bertz CT molecular complexity index is 1510. The van der Waals surface area contributed by atoms with E-state index < -0.39 is 0 Å². The molecule has 34 heavy (non-hydrogen) atoms. The van der Waals surface area contributed by atoms with Crippen LogP contribution in [0.25, 0.3) is 45.1 Å². The molecular formula is C27H25FN4O2. The number of aromatic nitrogens is 4. The van der Waals surface area contributed by atoms with Crippen molar-refractivity contribution < 1.29 is 13.9 Å². The van der Waals surface area contributed by atoms with Gasteiger partial charge in [0.25, 0.3) is 0 Å². The number of hydrogen-bond donors (Lipinski definition) is 1. The Kier molecular flexibility index (Phi) is 5.29. The van der Waals surface area contributed by atoms with Crippen LogP contribution in [0.4, 0.5) is 4.39 Å². The van der Waals surface area contributed by atoms with Gasteiger partial charge in [-0.25, -0.2) is 9.37 Å². The molecule has 2 aromatic heterocycles. The van der Waals surface area contributed by atoms with Crippen LogP contribution in [0.3, 0.4) is 0 Å². The Balaban J connectivity index is 1.65. The van der Waals surface area contributed by atoms with Crippen molar-refractivity contribution in [2.45, 2.75) is 32.8 Å². The van der Waals surface area contributed by atoms with E-state index in [-0.39, 0.29) is 17.8 Å². The molecule has 0 saturated carbocycles. The van der Waals surface area contributed by atoms with Crippen molar-refractivity contribution in [3.8, 4) is 34.0 Å². The summed E-state index contributed by atoms with van der Waals surface area (Å²) in [5.41, 5.74) is 6.19. The van der Waals surface area contributed by atoms with E-state index in [2.05, 4.69) is 31.0 Å². The number of benzene rings is 3. The summed E-state index contributed by atoms with van der Waals surface area (Å²) in [5, 5.41) is 17.8. The van der Waals surface area contributed by atoms with Gasteiger partial charge < -0.3 is 14.1 Å². The third kappa shape index (κ3) is 3.88. The highest BCUT2D eigenvalue weighted by Gasteiger charge is 2.23. The minimum Gasteiger partial charge on any atom is -0.436 e. The van der Waals surface area contributed by atoms with Gasteiger partial charge in [-0.05, 0) is 58.5 Å². The molecule has 0 aliphatic carbocycles. The number of aliphatic hydroxyl groups excluding tert-OH is 1. The van der Waals surface area contributed by atoms with Gasteiger partial charge >= 0.3 is 0 Å². The minimum atomic E-state index is -0.341. The summed E-state index contributed by atoms with van der Waals surface area (Å²) in [6.07, 6.45) is 1.59. The Morgan fingerprint density at radius 2 is 1.79 bits per heavy atom. The standard InChI is InChI=1S/C27H25FN4O2/c1-27(2,3)22-10-16(14-33)11-23-24(22)34-26(30-23)18-7-5-6-17(12-18)20-9-8-19(28)13-21(20)25-31-29-15-32(25)4/h5-13,15,33H,14H2,1-4H3. The summed E-state index contributed by atoms with van der Waals surface area (Å²) in [7, 11) is 1.83. The molecule has 3 aromatic carbocycles. The molecule has 0 aliphatic heterocycles. The fraction of sp³-hybridized carbons (Fsp3) is 0.222. The smallest absolute Gasteiger partial charge is 0.227 e. The highest BCUT2D eigenvalue weighted by Crippen LogP contribution is 2.37. The van der Waals surface area contributed by atoms with Crippen LogP contribution >= 0.6 is 0 Å². The van der Waals surface area contributed by atoms with E-state index in [1.165, 1.54) is 12.1 Å². The molecule has 1 N–H and O–H groups in total. The molecular weight excluding hydrogens is 431 g/mol. The van der Waals surface area contributed by atoms with Crippen LogP contribution in [0.15, 0.2) is 65.3 Å². The maximum absolute atomic E-state index is 14.1. The fourth-order valence-corrected chi connectivity index (χ4v) is 4.16. The van der Waals surface area contributed by atoms with Gasteiger partial charge in [0.15, 0.2) is 11.4 Å². The van der Waals surface area contributed by atoms with Crippen LogP contribution in [-0.2, 0) is 19.1 Å². The quantitative estimate of drug-likeness (QED) is 0.365. The van der Waals surface area contributed by atoms with E-state index in [4.69, 9.17) is 9.40 Å². The lowest BCUT2D eigenvalue weighted by Crippen LogP contribution is -2.12. The van der Waals surface area contributed by atoms with E-state index in [0.29, 0.717) is 28.4 Å². The van der Waals surface area contributed by atoms with E-state index in [9.17, 15) is 9.50 Å². The molecule has 5 aromatic rings. The van der Waals surface area contributed by atoms with Gasteiger partial charge in [-0.3, -0.25) is 0 Å². The predicted molar refractivity (Wildman–Crippen MR) is 129 cm³/mol. The highest BCUT2D eigenvalue weighted by molar-refractivity contribution is 5.84. The second-order valence-corrected chi connectivity index (χ2v) is 9.45. The van der Waals surface area contributed by atoms with Crippen LogP contribution in [0.2, 0.25) is 0 Å². The Morgan fingerprint density at radius 1 is 1.00 bits per heavy atom. The number of fused-ring (bicyclic) bond motifs is 1. The Labute approximate surface area is 196 Å². The monoisotopic (exact) mass is 456 g/mol. The molecule has 172 valence electrons. The van der Waals surface area contributed by atoms with Gasteiger partial charge in [0.2, 0.25) is 5.89 Å². The number of nitrogens with zero attached hydrogens (tertiary/aromatic N) is 4. The van der Waals surface area contributed by atoms with Crippen LogP contribution in [0.5, 0.6) is 0 Å². The maximum atomic E-state index is 14.1. The average Bonchev–Trinajstić information content (AvgIpc) is 3.43. The lowest BCUT2D eigenvalue weighted by molar-refractivity contribution is 0.281. The molecule has 5 rings (SSSR count). The number of aryl methyl sites for hydroxylation is 1. The van der Waals surface area contributed by atoms with Crippen LogP contribution in [0, 0.1) is 5.82 Å². The molecule has 0 amide bonds. The van der Waals surface area contributed by atoms with Crippen molar-refractivity contribution in [3.63, 3.8) is 0 Å². The molecule has 0 unspecified atom stereocenters. The zero-order chi connectivity index (χ0) is 24.0. The SMILES string of the molecule is Cn1cnnc1-c1cc(F)ccc1-c1cccc(-c2nc3cc(CO)cc(C(C)(C)C)c3o2)c1. The van der Waals surface area contributed by atoms with Crippen molar-refractivity contribution in [1.29, 1.82) is 0 Å². The summed E-state index contributed by atoms with van der Waals surface area (Å²) in [6, 6.07) is 16.3. The molecule has 0 aliphatic rings. The maximum Gasteiger partial charge on any atom is 0.227 e. The third-order valence-corrected chi connectivity index (χ3v) is 5.89. The number of rotatable bonds is 4. The molecule has 0 bridgehead atoms. The van der Waals surface area contributed by atoms with Crippen molar-refractivity contribution >= 4 is 11.1 Å². The summed E-state index contributed by atoms with van der Waals surface area (Å²) >= 11 is 0. The zero-order valence-electron chi connectivity index (χ0n) is 19.5. The van der Waals surface area contributed by atoms with Crippen LogP contribution < -0.4 is 0 Å². The molecule has 6 nitrogen and oxygen atoms in total. The first kappa shape index (κ1) is 22.0. The minimum absolute atomic E-state index is 0.0634. The Morgan fingerprint density at radius 3 is 2.50 bits per heavy atom. The lowest BCUT2D eigenvalue weighted by Gasteiger charge is -2.19. The van der Waals surface area contributed by atoms with Gasteiger partial charge in [0.05, 0.1) is 6.61 Å². The number of halogens is 1. The molecule has 7 heteroatoms. The van der Waals surface area contributed by atoms with Crippen molar-refractivity contribution in [2.24, 2.45) is 7.05 Å². The molecule has 0 saturated heterocycles. The largest absolute Gasteiger partial charge is 0.436 e. The van der Waals surface area contributed by atoms with E-state index >= 15 is 0 Å². The normalized spacial score (nSPS) is 11.9. The van der Waals surface area contributed by atoms with Crippen molar-refractivity contribution in [2.75, 3.05) is 0 Å². The van der Waals surface area contributed by atoms with Gasteiger partial charge in [0.1, 0.15) is 17.7 Å². The molecule has 0 radical (unpaired) electrons. The first-order valence-electron chi connectivity index (χ1n) is 11.0. The molecule has 0 spiro atoms. The van der Waals surface area contributed by atoms with Gasteiger partial charge in [0, 0.05) is 23.7 Å². The molecule has 0 atom stereocenters. The van der Waals surface area contributed by atoms with Gasteiger partial charge in [-0.1, -0.05) is 39.0 Å². The summed E-state index contributed by atoms with van der Waals surface area (Å²) < 4.78 is 22.2. The Hall–Kier alpha value is -3.84. The summed E-state index contributed by atoms with van der Waals surface area (Å²) in [6.45, 7) is 6.25. The molecule has 2 heterocycles. The van der Waals surface area contributed by atoms with Crippen molar-refractivity contribution in [3.05, 3.63) is 77.9 Å². The topological polar surface area (TPSA) is 77.0 Å². The van der Waals surface area contributed by atoms with E-state index in [1.807, 2.05) is 43.4 Å². The highest BCUT2D eigenvalue weighted by atomic mass is 19.1. The number of hydrogen-bond acceptors (Lipinski definition) is 5. The van der Waals surface area contributed by atoms with Crippen molar-refractivity contribution in [1.82, 2.24) is 19.7 Å². The van der Waals surface area contributed by atoms with Crippen LogP contribution in [-0.4, -0.2) is 24.9 Å². The second-order valence-electron chi connectivity index (χ2n) is 9.45. The summed E-state index contributed by atoms with van der Waals surface area (Å²) in [4.78, 5) is 4.74. The molecule has 0 fully saturated rings. The second kappa shape index (κ2) is 8.18.